The quantitative estimate of drug-likeness (QED) is 0.587. The first kappa shape index (κ1) is 15.9. The highest BCUT2D eigenvalue weighted by Crippen LogP contribution is 2.14. The first-order valence-electron chi connectivity index (χ1n) is 7.41. The summed E-state index contributed by atoms with van der Waals surface area (Å²) in [5, 5.41) is 12.9. The summed E-state index contributed by atoms with van der Waals surface area (Å²) in [6, 6.07) is 0. The maximum Gasteiger partial charge on any atom is 0.0897 e. The lowest BCUT2D eigenvalue weighted by atomic mass is 10.1. The number of nitrogens with one attached hydrogen (secondary N) is 1. The minimum Gasteiger partial charge on any atom is -0.389 e. The fourth-order valence-electron chi connectivity index (χ4n) is 2.09. The van der Waals surface area contributed by atoms with E-state index in [0.717, 1.165) is 39.0 Å². The zero-order valence-corrected chi connectivity index (χ0v) is 11.7. The molecule has 0 amide bonds. The van der Waals surface area contributed by atoms with Crippen molar-refractivity contribution in [1.82, 2.24) is 5.32 Å². The Labute approximate surface area is 111 Å². The molecule has 1 fully saturated rings. The number of rotatable bonds is 10. The van der Waals surface area contributed by atoms with Gasteiger partial charge in [-0.05, 0) is 38.6 Å². The van der Waals surface area contributed by atoms with Crippen LogP contribution in [0.2, 0.25) is 0 Å². The second-order valence-electron chi connectivity index (χ2n) is 5.06. The molecule has 2 atom stereocenters. The average molecular weight is 259 g/mol. The van der Waals surface area contributed by atoms with Crippen LogP contribution in [0.25, 0.3) is 0 Å². The van der Waals surface area contributed by atoms with Gasteiger partial charge in [0.15, 0.2) is 0 Å². The highest BCUT2D eigenvalue weighted by atomic mass is 16.5. The standard InChI is InChI=1S/C14H29NO3/c1-2-3-9-17-12-13(16)11-15-8-7-14-6-4-5-10-18-14/h13-16H,2-12H2,1H3. The number of aliphatic hydroxyl groups is 1. The number of unbranched alkanes of at least 4 members (excludes halogenated alkanes) is 1. The van der Waals surface area contributed by atoms with E-state index in [2.05, 4.69) is 12.2 Å². The molecule has 0 aromatic heterocycles. The Bertz CT molecular complexity index is 184. The van der Waals surface area contributed by atoms with Crippen molar-refractivity contribution in [3.63, 3.8) is 0 Å². The van der Waals surface area contributed by atoms with Gasteiger partial charge in [-0.1, -0.05) is 13.3 Å². The molecule has 0 bridgehead atoms. The second-order valence-corrected chi connectivity index (χ2v) is 5.06. The molecule has 1 aliphatic heterocycles. The van der Waals surface area contributed by atoms with Crippen LogP contribution < -0.4 is 5.32 Å². The number of ether oxygens (including phenoxy) is 2. The van der Waals surface area contributed by atoms with Gasteiger partial charge in [0.2, 0.25) is 0 Å². The first-order chi connectivity index (χ1) is 8.83. The number of aliphatic hydroxyl groups excluding tert-OH is 1. The van der Waals surface area contributed by atoms with Gasteiger partial charge < -0.3 is 19.9 Å². The smallest absolute Gasteiger partial charge is 0.0897 e. The molecule has 1 rings (SSSR count). The summed E-state index contributed by atoms with van der Waals surface area (Å²) in [5.74, 6) is 0. The van der Waals surface area contributed by atoms with E-state index in [0.29, 0.717) is 19.3 Å². The molecule has 4 nitrogen and oxygen atoms in total. The van der Waals surface area contributed by atoms with Crippen LogP contribution in [-0.4, -0.2) is 50.2 Å². The van der Waals surface area contributed by atoms with Crippen LogP contribution in [0.4, 0.5) is 0 Å². The lowest BCUT2D eigenvalue weighted by Crippen LogP contribution is -2.33. The summed E-state index contributed by atoms with van der Waals surface area (Å²) in [4.78, 5) is 0. The first-order valence-corrected chi connectivity index (χ1v) is 7.41. The van der Waals surface area contributed by atoms with Crippen molar-refractivity contribution in [3.8, 4) is 0 Å². The highest BCUT2D eigenvalue weighted by molar-refractivity contribution is 4.66. The molecule has 2 N–H and O–H groups in total. The van der Waals surface area contributed by atoms with Gasteiger partial charge in [0.1, 0.15) is 0 Å². The van der Waals surface area contributed by atoms with E-state index in [9.17, 15) is 5.11 Å². The van der Waals surface area contributed by atoms with Crippen LogP contribution in [0.5, 0.6) is 0 Å². The van der Waals surface area contributed by atoms with Gasteiger partial charge in [-0.25, -0.2) is 0 Å². The van der Waals surface area contributed by atoms with Gasteiger partial charge in [0, 0.05) is 19.8 Å². The molecule has 18 heavy (non-hydrogen) atoms. The Balaban J connectivity index is 1.86. The average Bonchev–Trinajstić information content (AvgIpc) is 2.41. The Morgan fingerprint density at radius 3 is 3.06 bits per heavy atom. The minimum atomic E-state index is -0.394. The van der Waals surface area contributed by atoms with Crippen molar-refractivity contribution >= 4 is 0 Å². The third kappa shape index (κ3) is 8.03. The molecule has 1 aliphatic rings. The van der Waals surface area contributed by atoms with E-state index in [4.69, 9.17) is 9.47 Å². The van der Waals surface area contributed by atoms with E-state index >= 15 is 0 Å². The summed E-state index contributed by atoms with van der Waals surface area (Å²) >= 11 is 0. The van der Waals surface area contributed by atoms with Gasteiger partial charge in [0.25, 0.3) is 0 Å². The maximum absolute atomic E-state index is 9.67. The molecule has 0 aromatic rings. The van der Waals surface area contributed by atoms with E-state index < -0.39 is 6.10 Å². The normalized spacial score (nSPS) is 22.0. The summed E-state index contributed by atoms with van der Waals surface area (Å²) in [6.07, 6.45) is 6.96. The van der Waals surface area contributed by atoms with E-state index in [1.165, 1.54) is 19.3 Å². The lowest BCUT2D eigenvalue weighted by molar-refractivity contribution is 0.00958. The van der Waals surface area contributed by atoms with Gasteiger partial charge in [-0.15, -0.1) is 0 Å². The third-order valence-electron chi connectivity index (χ3n) is 3.25. The molecule has 0 aromatic carbocycles. The fraction of sp³-hybridized carbons (Fsp3) is 1.00. The Hall–Kier alpha value is -0.160. The van der Waals surface area contributed by atoms with Crippen molar-refractivity contribution < 1.29 is 14.6 Å². The largest absolute Gasteiger partial charge is 0.389 e. The van der Waals surface area contributed by atoms with Crippen LogP contribution in [0.1, 0.15) is 45.4 Å². The zero-order chi connectivity index (χ0) is 13.1. The maximum atomic E-state index is 9.67. The molecule has 0 saturated carbocycles. The fourth-order valence-corrected chi connectivity index (χ4v) is 2.09. The van der Waals surface area contributed by atoms with E-state index in [1.54, 1.807) is 0 Å². The SMILES string of the molecule is CCCCOCC(O)CNCCC1CCCCO1. The molecule has 0 spiro atoms. The van der Waals surface area contributed by atoms with Crippen LogP contribution in [0, 0.1) is 0 Å². The third-order valence-corrected chi connectivity index (χ3v) is 3.25. The van der Waals surface area contributed by atoms with Crippen molar-refractivity contribution in [2.75, 3.05) is 32.9 Å². The van der Waals surface area contributed by atoms with Crippen molar-refractivity contribution in [1.29, 1.82) is 0 Å². The van der Waals surface area contributed by atoms with Crippen molar-refractivity contribution in [3.05, 3.63) is 0 Å². The van der Waals surface area contributed by atoms with E-state index in [1.807, 2.05) is 0 Å². The summed E-state index contributed by atoms with van der Waals surface area (Å²) in [7, 11) is 0. The summed E-state index contributed by atoms with van der Waals surface area (Å²) < 4.78 is 11.0. The molecule has 0 radical (unpaired) electrons. The van der Waals surface area contributed by atoms with Crippen molar-refractivity contribution in [2.45, 2.75) is 57.7 Å². The van der Waals surface area contributed by atoms with Crippen molar-refractivity contribution in [2.24, 2.45) is 0 Å². The molecular weight excluding hydrogens is 230 g/mol. The van der Waals surface area contributed by atoms with Crippen LogP contribution >= 0.6 is 0 Å². The summed E-state index contributed by atoms with van der Waals surface area (Å²) in [6.45, 7) is 5.76. The lowest BCUT2D eigenvalue weighted by Gasteiger charge is -2.22. The number of hydrogen-bond acceptors (Lipinski definition) is 4. The second kappa shape index (κ2) is 10.7. The van der Waals surface area contributed by atoms with Crippen LogP contribution in [0.15, 0.2) is 0 Å². The van der Waals surface area contributed by atoms with Gasteiger partial charge in [-0.3, -0.25) is 0 Å². The van der Waals surface area contributed by atoms with Gasteiger partial charge in [-0.2, -0.15) is 0 Å². The monoisotopic (exact) mass is 259 g/mol. The predicted octanol–water partition coefficient (Wildman–Crippen LogP) is 1.71. The molecule has 0 aliphatic carbocycles. The van der Waals surface area contributed by atoms with Crippen LogP contribution in [-0.2, 0) is 9.47 Å². The Morgan fingerprint density at radius 2 is 2.33 bits per heavy atom. The van der Waals surface area contributed by atoms with Gasteiger partial charge >= 0.3 is 0 Å². The Kier molecular flexibility index (Phi) is 9.48. The zero-order valence-electron chi connectivity index (χ0n) is 11.7. The summed E-state index contributed by atoms with van der Waals surface area (Å²) in [5.41, 5.74) is 0. The predicted molar refractivity (Wildman–Crippen MR) is 72.8 cm³/mol. The molecule has 2 unspecified atom stereocenters. The molecular formula is C14H29NO3. The molecule has 4 heteroatoms. The minimum absolute atomic E-state index is 0.394. The van der Waals surface area contributed by atoms with Crippen LogP contribution in [0.3, 0.4) is 0 Å². The van der Waals surface area contributed by atoms with Gasteiger partial charge in [0.05, 0.1) is 18.8 Å². The molecule has 108 valence electrons. The highest BCUT2D eigenvalue weighted by Gasteiger charge is 2.13. The number of hydrogen-bond donors (Lipinski definition) is 2. The molecule has 1 heterocycles. The molecule has 1 saturated heterocycles. The van der Waals surface area contributed by atoms with E-state index in [-0.39, 0.29) is 0 Å². The Morgan fingerprint density at radius 1 is 1.44 bits per heavy atom. The topological polar surface area (TPSA) is 50.7 Å².